The number of amides is 2. The van der Waals surface area contributed by atoms with Crippen molar-refractivity contribution in [1.82, 2.24) is 15.5 Å². The lowest BCUT2D eigenvalue weighted by atomic mass is 9.92. The van der Waals surface area contributed by atoms with Gasteiger partial charge in [-0.05, 0) is 37.5 Å². The van der Waals surface area contributed by atoms with Gasteiger partial charge in [0.2, 0.25) is 0 Å². The number of hydrogen-bond acceptors (Lipinski definition) is 5. The molecular formula is C25H31N3O4. The molecule has 0 bridgehead atoms. The number of urea groups is 1. The van der Waals surface area contributed by atoms with Crippen molar-refractivity contribution in [1.29, 1.82) is 0 Å². The monoisotopic (exact) mass is 437 g/mol. The van der Waals surface area contributed by atoms with Gasteiger partial charge in [-0.2, -0.15) is 0 Å². The van der Waals surface area contributed by atoms with E-state index in [4.69, 9.17) is 9.15 Å². The van der Waals surface area contributed by atoms with Crippen molar-refractivity contribution in [3.8, 4) is 0 Å². The lowest BCUT2D eigenvalue weighted by Crippen LogP contribution is -2.49. The molecule has 2 aromatic rings. The van der Waals surface area contributed by atoms with Crippen LogP contribution in [0.3, 0.4) is 0 Å². The highest BCUT2D eigenvalue weighted by Crippen LogP contribution is 2.30. The Balaban J connectivity index is 1.70. The number of nitrogens with one attached hydrogen (secondary N) is 2. The minimum absolute atomic E-state index is 0.268. The van der Waals surface area contributed by atoms with E-state index in [1.54, 1.807) is 13.2 Å². The van der Waals surface area contributed by atoms with Gasteiger partial charge in [-0.3, -0.25) is 4.90 Å². The van der Waals surface area contributed by atoms with Crippen molar-refractivity contribution in [2.75, 3.05) is 13.2 Å². The summed E-state index contributed by atoms with van der Waals surface area (Å²) in [6, 6.07) is 12.9. The van der Waals surface area contributed by atoms with Crippen molar-refractivity contribution in [2.24, 2.45) is 0 Å². The highest BCUT2D eigenvalue weighted by molar-refractivity contribution is 5.95. The van der Waals surface area contributed by atoms with Crippen LogP contribution in [0.2, 0.25) is 0 Å². The van der Waals surface area contributed by atoms with E-state index in [1.807, 2.05) is 42.5 Å². The van der Waals surface area contributed by atoms with Crippen LogP contribution >= 0.6 is 0 Å². The third-order valence-electron chi connectivity index (χ3n) is 6.17. The number of hydrogen-bond donors (Lipinski definition) is 2. The van der Waals surface area contributed by atoms with Gasteiger partial charge < -0.3 is 19.8 Å². The Morgan fingerprint density at radius 2 is 1.88 bits per heavy atom. The summed E-state index contributed by atoms with van der Waals surface area (Å²) in [4.78, 5) is 28.0. The molecule has 2 amide bonds. The normalized spacial score (nSPS) is 19.6. The molecule has 2 N–H and O–H groups in total. The van der Waals surface area contributed by atoms with Crippen LogP contribution in [0.1, 0.15) is 56.4 Å². The largest absolute Gasteiger partial charge is 0.468 e. The molecule has 1 atom stereocenters. The van der Waals surface area contributed by atoms with Gasteiger partial charge in [-0.1, -0.05) is 49.6 Å². The van der Waals surface area contributed by atoms with Crippen LogP contribution in [0.25, 0.3) is 0 Å². The fraction of sp³-hybridized carbons (Fsp3) is 0.440. The highest BCUT2D eigenvalue weighted by atomic mass is 16.5. The van der Waals surface area contributed by atoms with Gasteiger partial charge in [0.05, 0.1) is 31.0 Å². The number of rotatable bonds is 8. The van der Waals surface area contributed by atoms with Crippen LogP contribution in [0, 0.1) is 0 Å². The maximum absolute atomic E-state index is 13.1. The topological polar surface area (TPSA) is 83.8 Å². The number of esters is 1. The Labute approximate surface area is 188 Å². The fourth-order valence-electron chi connectivity index (χ4n) is 4.65. The average molecular weight is 438 g/mol. The number of furan rings is 1. The van der Waals surface area contributed by atoms with E-state index in [-0.39, 0.29) is 12.6 Å². The van der Waals surface area contributed by atoms with E-state index in [0.717, 1.165) is 24.2 Å². The molecule has 7 nitrogen and oxygen atoms in total. The van der Waals surface area contributed by atoms with E-state index >= 15 is 0 Å². The van der Waals surface area contributed by atoms with Crippen LogP contribution in [0.5, 0.6) is 0 Å². The van der Waals surface area contributed by atoms with Gasteiger partial charge >= 0.3 is 12.0 Å². The summed E-state index contributed by atoms with van der Waals surface area (Å²) in [5, 5.41) is 5.82. The number of benzene rings is 1. The Morgan fingerprint density at radius 3 is 2.56 bits per heavy atom. The minimum Gasteiger partial charge on any atom is -0.468 e. The first-order valence-electron chi connectivity index (χ1n) is 11.4. The molecule has 1 saturated carbocycles. The number of nitrogens with zero attached hydrogens (tertiary/aromatic N) is 1. The van der Waals surface area contributed by atoms with E-state index < -0.39 is 12.0 Å². The maximum atomic E-state index is 13.1. The Hall–Kier alpha value is -3.06. The van der Waals surface area contributed by atoms with Crippen LogP contribution in [0.15, 0.2) is 64.4 Å². The molecule has 7 heteroatoms. The smallest absolute Gasteiger partial charge is 0.338 e. The molecular weight excluding hydrogens is 406 g/mol. The second-order valence-corrected chi connectivity index (χ2v) is 8.33. The molecule has 32 heavy (non-hydrogen) atoms. The first-order valence-corrected chi connectivity index (χ1v) is 11.4. The molecule has 2 aliphatic rings. The van der Waals surface area contributed by atoms with Crippen molar-refractivity contribution in [2.45, 2.75) is 57.7 Å². The molecule has 1 aliphatic carbocycles. The summed E-state index contributed by atoms with van der Waals surface area (Å²) in [5.74, 6) is 0.458. The minimum atomic E-state index is -0.559. The molecule has 0 spiro atoms. The van der Waals surface area contributed by atoms with Crippen molar-refractivity contribution < 1.29 is 18.7 Å². The zero-order valence-electron chi connectivity index (χ0n) is 18.5. The molecule has 170 valence electrons. The molecule has 0 radical (unpaired) electrons. The van der Waals surface area contributed by atoms with Gasteiger partial charge in [-0.15, -0.1) is 0 Å². The third kappa shape index (κ3) is 5.22. The van der Waals surface area contributed by atoms with Gasteiger partial charge in [0.1, 0.15) is 5.76 Å². The number of carbonyl (C=O) groups excluding carboxylic acids is 2. The van der Waals surface area contributed by atoms with Crippen LogP contribution in [0.4, 0.5) is 4.79 Å². The SMILES string of the molecule is CCOC(=O)C1=C(CN(Cc2ccco2)C2CCCCC2)NC(=O)NC1c1ccccc1. The second-order valence-electron chi connectivity index (χ2n) is 8.33. The molecule has 0 saturated heterocycles. The third-order valence-corrected chi connectivity index (χ3v) is 6.17. The van der Waals surface area contributed by atoms with Crippen molar-refractivity contribution in [3.05, 3.63) is 71.3 Å². The first kappa shape index (κ1) is 22.1. The molecule has 1 aromatic carbocycles. The van der Waals surface area contributed by atoms with Crippen LogP contribution in [-0.2, 0) is 16.1 Å². The summed E-state index contributed by atoms with van der Waals surface area (Å²) in [6.45, 7) is 3.12. The quantitative estimate of drug-likeness (QED) is 0.602. The first-order chi connectivity index (χ1) is 15.7. The fourth-order valence-corrected chi connectivity index (χ4v) is 4.65. The molecule has 4 rings (SSSR count). The Kier molecular flexibility index (Phi) is 7.27. The van der Waals surface area contributed by atoms with Gasteiger partial charge in [0, 0.05) is 18.3 Å². The van der Waals surface area contributed by atoms with E-state index in [2.05, 4.69) is 15.5 Å². The van der Waals surface area contributed by atoms with E-state index in [9.17, 15) is 9.59 Å². The predicted molar refractivity (Wildman–Crippen MR) is 121 cm³/mol. The van der Waals surface area contributed by atoms with Crippen LogP contribution in [-0.4, -0.2) is 36.1 Å². The number of ether oxygens (including phenoxy) is 1. The summed E-state index contributed by atoms with van der Waals surface area (Å²) in [7, 11) is 0. The standard InChI is InChI=1S/C25H31N3O4/c1-2-31-24(29)22-21(26-25(30)27-23(22)18-10-5-3-6-11-18)17-28(16-20-14-9-15-32-20)19-12-7-4-8-13-19/h3,5-6,9-11,14-15,19,23H,2,4,7-8,12-13,16-17H2,1H3,(H2,26,27,30). The summed E-state index contributed by atoms with van der Waals surface area (Å²) in [6.07, 6.45) is 7.48. The van der Waals surface area contributed by atoms with Crippen molar-refractivity contribution >= 4 is 12.0 Å². The summed E-state index contributed by atoms with van der Waals surface area (Å²) < 4.78 is 11.0. The maximum Gasteiger partial charge on any atom is 0.338 e. The van der Waals surface area contributed by atoms with Crippen molar-refractivity contribution in [3.63, 3.8) is 0 Å². The predicted octanol–water partition coefficient (Wildman–Crippen LogP) is 4.29. The molecule has 2 heterocycles. The average Bonchev–Trinajstić information content (AvgIpc) is 3.33. The molecule has 1 fully saturated rings. The van der Waals surface area contributed by atoms with Gasteiger partial charge in [0.15, 0.2) is 0 Å². The molecule has 1 aliphatic heterocycles. The molecule has 1 unspecified atom stereocenters. The lowest BCUT2D eigenvalue weighted by Gasteiger charge is -2.37. The Morgan fingerprint density at radius 1 is 1.09 bits per heavy atom. The van der Waals surface area contributed by atoms with Gasteiger partial charge in [-0.25, -0.2) is 9.59 Å². The highest BCUT2D eigenvalue weighted by Gasteiger charge is 2.35. The van der Waals surface area contributed by atoms with E-state index in [0.29, 0.717) is 30.4 Å². The van der Waals surface area contributed by atoms with E-state index in [1.165, 1.54) is 19.3 Å². The van der Waals surface area contributed by atoms with Gasteiger partial charge in [0.25, 0.3) is 0 Å². The Bertz CT molecular complexity index is 933. The van der Waals surface area contributed by atoms with Crippen LogP contribution < -0.4 is 10.6 Å². The second kappa shape index (κ2) is 10.5. The molecule has 1 aromatic heterocycles. The number of carbonyl (C=O) groups is 2. The lowest BCUT2D eigenvalue weighted by molar-refractivity contribution is -0.139. The summed E-state index contributed by atoms with van der Waals surface area (Å²) >= 11 is 0. The summed E-state index contributed by atoms with van der Waals surface area (Å²) in [5.41, 5.74) is 1.90. The zero-order chi connectivity index (χ0) is 22.3. The zero-order valence-corrected chi connectivity index (χ0v) is 18.5.